The highest BCUT2D eigenvalue weighted by Gasteiger charge is 2.34. The number of likely N-dealkylation sites (tertiary alicyclic amines) is 1. The molecule has 2 amide bonds. The summed E-state index contributed by atoms with van der Waals surface area (Å²) in [7, 11) is 0. The number of aliphatic hydroxyl groups excluding tert-OH is 1. The van der Waals surface area contributed by atoms with Crippen molar-refractivity contribution in [1.82, 2.24) is 19.7 Å². The molecule has 1 unspecified atom stereocenters. The van der Waals surface area contributed by atoms with Gasteiger partial charge in [-0.05, 0) is 50.1 Å². The molecule has 2 saturated heterocycles. The lowest BCUT2D eigenvalue weighted by atomic mass is 10.0. The van der Waals surface area contributed by atoms with Gasteiger partial charge in [-0.3, -0.25) is 19.3 Å². The molecule has 2 aliphatic heterocycles. The maximum absolute atomic E-state index is 13.7. The van der Waals surface area contributed by atoms with E-state index in [1.165, 1.54) is 23.2 Å². The summed E-state index contributed by atoms with van der Waals surface area (Å²) in [6.45, 7) is 6.24. The molecular weight excluding hydrogens is 511 g/mol. The third-order valence-electron chi connectivity index (χ3n) is 7.56. The van der Waals surface area contributed by atoms with Crippen molar-refractivity contribution in [2.75, 3.05) is 26.2 Å². The molecule has 0 saturated carbocycles. The summed E-state index contributed by atoms with van der Waals surface area (Å²) in [4.78, 5) is 47.8. The van der Waals surface area contributed by atoms with Gasteiger partial charge in [0.15, 0.2) is 0 Å². The summed E-state index contributed by atoms with van der Waals surface area (Å²) in [6, 6.07) is 9.56. The number of nitrogens with one attached hydrogen (secondary N) is 1. The van der Waals surface area contributed by atoms with E-state index in [0.717, 1.165) is 5.56 Å². The highest BCUT2D eigenvalue weighted by molar-refractivity contribution is 6.45. The number of amides is 2. The van der Waals surface area contributed by atoms with Crippen LogP contribution in [0, 0.1) is 5.82 Å². The lowest BCUT2D eigenvalue weighted by molar-refractivity contribution is -0.125. The molecule has 0 bridgehead atoms. The van der Waals surface area contributed by atoms with E-state index in [9.17, 15) is 23.9 Å². The van der Waals surface area contributed by atoms with Crippen molar-refractivity contribution in [3.63, 3.8) is 0 Å². The number of aromatic amines is 1. The Balaban J connectivity index is 1.35. The van der Waals surface area contributed by atoms with Crippen molar-refractivity contribution in [1.29, 1.82) is 0 Å². The van der Waals surface area contributed by atoms with E-state index in [1.807, 2.05) is 13.8 Å². The maximum atomic E-state index is 13.7. The molecule has 5 rings (SSSR count). The number of halogens is 2. The number of aliphatic hydroxyl groups is 1. The summed E-state index contributed by atoms with van der Waals surface area (Å²) in [6.07, 6.45) is 1.27. The van der Waals surface area contributed by atoms with Gasteiger partial charge in [0.25, 0.3) is 17.6 Å². The third-order valence-corrected chi connectivity index (χ3v) is 7.88. The molecule has 1 aromatic heterocycles. The van der Waals surface area contributed by atoms with Crippen LogP contribution in [0.2, 0.25) is 5.02 Å². The first kappa shape index (κ1) is 26.3. The highest BCUT2D eigenvalue weighted by Crippen LogP contribution is 2.30. The molecule has 2 aromatic carbocycles. The van der Waals surface area contributed by atoms with Gasteiger partial charge < -0.3 is 19.9 Å². The minimum absolute atomic E-state index is 0.0561. The Morgan fingerprint density at radius 3 is 2.47 bits per heavy atom. The number of hydrogen-bond acceptors (Lipinski definition) is 5. The largest absolute Gasteiger partial charge is 0.391 e. The van der Waals surface area contributed by atoms with E-state index in [4.69, 9.17) is 11.6 Å². The zero-order chi connectivity index (χ0) is 27.1. The van der Waals surface area contributed by atoms with E-state index in [-0.39, 0.29) is 46.5 Å². The normalized spacial score (nSPS) is 22.3. The number of ketones is 1. The van der Waals surface area contributed by atoms with Crippen LogP contribution in [0.15, 0.2) is 42.6 Å². The van der Waals surface area contributed by atoms with Gasteiger partial charge in [0.2, 0.25) is 0 Å². The molecule has 3 heterocycles. The zero-order valence-corrected chi connectivity index (χ0v) is 22.0. The van der Waals surface area contributed by atoms with Gasteiger partial charge in [0.1, 0.15) is 5.82 Å². The molecule has 2 aliphatic rings. The molecular formula is C28H30ClFN4O4. The van der Waals surface area contributed by atoms with Crippen LogP contribution in [0.4, 0.5) is 4.39 Å². The van der Waals surface area contributed by atoms with Crippen molar-refractivity contribution in [3.05, 3.63) is 70.1 Å². The Morgan fingerprint density at radius 1 is 1.05 bits per heavy atom. The molecule has 3 atom stereocenters. The summed E-state index contributed by atoms with van der Waals surface area (Å²) in [5, 5.41) is 10.4. The Bertz CT molecular complexity index is 1390. The number of fused-ring (bicyclic) bond motifs is 1. The Morgan fingerprint density at radius 2 is 1.79 bits per heavy atom. The van der Waals surface area contributed by atoms with Gasteiger partial charge in [-0.1, -0.05) is 23.7 Å². The van der Waals surface area contributed by atoms with Crippen LogP contribution in [0.5, 0.6) is 0 Å². The van der Waals surface area contributed by atoms with E-state index < -0.39 is 17.8 Å². The second-order valence-corrected chi connectivity index (χ2v) is 10.7. The van der Waals surface area contributed by atoms with Gasteiger partial charge in [-0.2, -0.15) is 0 Å². The summed E-state index contributed by atoms with van der Waals surface area (Å²) in [5.74, 6) is -1.88. The second kappa shape index (κ2) is 10.5. The molecule has 200 valence electrons. The summed E-state index contributed by atoms with van der Waals surface area (Å²) >= 11 is 6.52. The number of Topliss-reactive ketones (excluding diaryl/α,β-unsaturated/α-hetero) is 1. The average molecular weight is 541 g/mol. The number of H-pyrrole nitrogens is 1. The first-order chi connectivity index (χ1) is 18.1. The molecule has 0 spiro atoms. The molecule has 3 aromatic rings. The highest BCUT2D eigenvalue weighted by atomic mass is 35.5. The standard InChI is InChI=1S/C28H30ClFN4O4/c1-16-13-34(17(2)12-33(16)14-18-3-5-19(30)6-4-18)27(37)22-9-21-23(11-31-25(21)10-24(22)29)26(36)28(38)32-8-7-20(35)15-32/h3-6,9-11,16-17,20,31,35H,7-8,12-15H2,1-2H3/t16-,17?,20-/m0/s1. The Labute approximate surface area is 225 Å². The number of carbonyl (C=O) groups is 3. The Hall–Kier alpha value is -3.27. The molecule has 10 heteroatoms. The van der Waals surface area contributed by atoms with Crippen LogP contribution in [-0.4, -0.2) is 86.8 Å². The second-order valence-electron chi connectivity index (χ2n) is 10.3. The summed E-state index contributed by atoms with van der Waals surface area (Å²) < 4.78 is 13.3. The van der Waals surface area contributed by atoms with Gasteiger partial charge >= 0.3 is 0 Å². The van der Waals surface area contributed by atoms with Crippen molar-refractivity contribution in [3.8, 4) is 0 Å². The van der Waals surface area contributed by atoms with Crippen molar-refractivity contribution in [2.24, 2.45) is 0 Å². The molecule has 8 nitrogen and oxygen atoms in total. The van der Waals surface area contributed by atoms with Crippen molar-refractivity contribution >= 4 is 40.1 Å². The Kier molecular flexibility index (Phi) is 7.26. The molecule has 0 aliphatic carbocycles. The van der Waals surface area contributed by atoms with Crippen LogP contribution in [0.25, 0.3) is 10.9 Å². The van der Waals surface area contributed by atoms with E-state index >= 15 is 0 Å². The topological polar surface area (TPSA) is 97.0 Å². The fourth-order valence-electron chi connectivity index (χ4n) is 5.36. The fraction of sp³-hybridized carbons (Fsp3) is 0.393. The summed E-state index contributed by atoms with van der Waals surface area (Å²) in [5.41, 5.74) is 1.99. The van der Waals surface area contributed by atoms with Crippen molar-refractivity contribution < 1.29 is 23.9 Å². The van der Waals surface area contributed by atoms with Crippen LogP contribution in [-0.2, 0) is 11.3 Å². The monoisotopic (exact) mass is 540 g/mol. The smallest absolute Gasteiger partial charge is 0.295 e. The van der Waals surface area contributed by atoms with Crippen LogP contribution in [0.1, 0.15) is 46.5 Å². The molecule has 2 fully saturated rings. The number of piperazine rings is 1. The van der Waals surface area contributed by atoms with E-state index in [0.29, 0.717) is 43.5 Å². The quantitative estimate of drug-likeness (QED) is 0.381. The molecule has 2 N–H and O–H groups in total. The first-order valence-corrected chi connectivity index (χ1v) is 13.1. The van der Waals surface area contributed by atoms with Gasteiger partial charge in [-0.25, -0.2) is 4.39 Å². The number of nitrogens with zero attached hydrogens (tertiary/aromatic N) is 3. The first-order valence-electron chi connectivity index (χ1n) is 12.7. The minimum atomic E-state index is -0.692. The third kappa shape index (κ3) is 5.06. The van der Waals surface area contributed by atoms with Gasteiger partial charge in [0.05, 0.1) is 22.3 Å². The van der Waals surface area contributed by atoms with Gasteiger partial charge in [-0.15, -0.1) is 0 Å². The minimum Gasteiger partial charge on any atom is -0.391 e. The number of β-amino-alcohol motifs (C(OH)–C–C–N with tert-alkyl or cyclic N) is 1. The number of rotatable bonds is 5. The van der Waals surface area contributed by atoms with E-state index in [1.54, 1.807) is 29.2 Å². The molecule has 38 heavy (non-hydrogen) atoms. The number of hydrogen-bond donors (Lipinski definition) is 2. The maximum Gasteiger partial charge on any atom is 0.295 e. The zero-order valence-electron chi connectivity index (χ0n) is 21.3. The van der Waals surface area contributed by atoms with Crippen molar-refractivity contribution in [2.45, 2.75) is 45.0 Å². The lowest BCUT2D eigenvalue weighted by Gasteiger charge is -2.44. The number of benzene rings is 2. The predicted molar refractivity (Wildman–Crippen MR) is 142 cm³/mol. The number of carbonyl (C=O) groups excluding carboxylic acids is 3. The SMILES string of the molecule is CC1CN(Cc2ccc(F)cc2)[C@@H](C)CN1C(=O)c1cc2c(C(=O)C(=O)N3CC[C@H](O)C3)c[nH]c2cc1Cl. The predicted octanol–water partition coefficient (Wildman–Crippen LogP) is 3.47. The number of aromatic nitrogens is 1. The van der Waals surface area contributed by atoms with E-state index in [2.05, 4.69) is 9.88 Å². The van der Waals surface area contributed by atoms with Crippen LogP contribution < -0.4 is 0 Å². The molecule has 0 radical (unpaired) electrons. The fourth-order valence-corrected chi connectivity index (χ4v) is 5.60. The van der Waals surface area contributed by atoms with Gasteiger partial charge in [0, 0.05) is 61.9 Å². The lowest BCUT2D eigenvalue weighted by Crippen LogP contribution is -2.57. The average Bonchev–Trinajstić information content (AvgIpc) is 3.51. The van der Waals surface area contributed by atoms with Crippen LogP contribution in [0.3, 0.4) is 0 Å². The van der Waals surface area contributed by atoms with Crippen LogP contribution >= 0.6 is 11.6 Å².